The first kappa shape index (κ1) is 14.6. The number of anilines is 1. The summed E-state index contributed by atoms with van der Waals surface area (Å²) in [6, 6.07) is 16.6. The summed E-state index contributed by atoms with van der Waals surface area (Å²) in [4.78, 5) is 27.7. The van der Waals surface area contributed by atoms with Crippen molar-refractivity contribution in [2.75, 3.05) is 18.0 Å². The molecule has 1 saturated heterocycles. The normalized spacial score (nSPS) is 15.3. The fourth-order valence-electron chi connectivity index (χ4n) is 2.52. The van der Waals surface area contributed by atoms with Crippen LogP contribution in [0.25, 0.3) is 0 Å². The zero-order valence-corrected chi connectivity index (χ0v) is 12.7. The Labute approximate surface area is 133 Å². The maximum absolute atomic E-state index is 12.3. The third-order valence-electron chi connectivity index (χ3n) is 3.64. The molecule has 1 fully saturated rings. The van der Waals surface area contributed by atoms with Gasteiger partial charge in [-0.05, 0) is 23.8 Å². The first-order chi connectivity index (χ1) is 10.6. The van der Waals surface area contributed by atoms with Gasteiger partial charge in [-0.1, -0.05) is 48.0 Å². The van der Waals surface area contributed by atoms with Crippen LogP contribution in [-0.2, 0) is 16.1 Å². The molecule has 0 saturated carbocycles. The Morgan fingerprint density at radius 1 is 0.909 bits per heavy atom. The molecule has 0 radical (unpaired) electrons. The fraction of sp³-hybridized carbons (Fsp3) is 0.176. The van der Waals surface area contributed by atoms with Crippen LogP contribution < -0.4 is 4.90 Å². The molecule has 3 rings (SSSR count). The SMILES string of the molecule is O=C1C(=O)N(c2cccc(Cl)c2)CCN1Cc1ccccc1. The Morgan fingerprint density at radius 3 is 2.41 bits per heavy atom. The maximum atomic E-state index is 12.3. The number of benzene rings is 2. The number of carbonyl (C=O) groups is 2. The molecule has 0 N–H and O–H groups in total. The highest BCUT2D eigenvalue weighted by atomic mass is 35.5. The average molecular weight is 315 g/mol. The summed E-state index contributed by atoms with van der Waals surface area (Å²) < 4.78 is 0. The van der Waals surface area contributed by atoms with E-state index < -0.39 is 11.8 Å². The number of hydrogen-bond acceptors (Lipinski definition) is 2. The molecule has 0 unspecified atom stereocenters. The fourth-order valence-corrected chi connectivity index (χ4v) is 2.70. The van der Waals surface area contributed by atoms with Crippen LogP contribution in [0.1, 0.15) is 5.56 Å². The monoisotopic (exact) mass is 314 g/mol. The van der Waals surface area contributed by atoms with Crippen molar-refractivity contribution in [1.82, 2.24) is 4.90 Å². The van der Waals surface area contributed by atoms with E-state index in [1.807, 2.05) is 30.3 Å². The molecule has 0 aliphatic carbocycles. The van der Waals surface area contributed by atoms with Gasteiger partial charge in [-0.15, -0.1) is 0 Å². The predicted molar refractivity (Wildman–Crippen MR) is 85.7 cm³/mol. The number of carbonyl (C=O) groups excluding carboxylic acids is 2. The number of halogens is 1. The van der Waals surface area contributed by atoms with Gasteiger partial charge in [0.2, 0.25) is 0 Å². The lowest BCUT2D eigenvalue weighted by molar-refractivity contribution is -0.146. The summed E-state index contributed by atoms with van der Waals surface area (Å²) in [5, 5.41) is 0.546. The molecule has 2 amide bonds. The minimum absolute atomic E-state index is 0.453. The second kappa shape index (κ2) is 6.20. The highest BCUT2D eigenvalue weighted by molar-refractivity contribution is 6.41. The van der Waals surface area contributed by atoms with E-state index in [1.165, 1.54) is 4.90 Å². The largest absolute Gasteiger partial charge is 0.328 e. The number of hydrogen-bond donors (Lipinski definition) is 0. The highest BCUT2D eigenvalue weighted by Gasteiger charge is 2.33. The molecule has 1 aliphatic heterocycles. The van der Waals surface area contributed by atoms with Crippen molar-refractivity contribution in [3.63, 3.8) is 0 Å². The number of amides is 2. The van der Waals surface area contributed by atoms with E-state index in [1.54, 1.807) is 29.2 Å². The van der Waals surface area contributed by atoms with Gasteiger partial charge >= 0.3 is 11.8 Å². The van der Waals surface area contributed by atoms with Crippen molar-refractivity contribution in [3.05, 3.63) is 65.2 Å². The molecule has 1 aliphatic rings. The van der Waals surface area contributed by atoms with Gasteiger partial charge in [0.15, 0.2) is 0 Å². The third kappa shape index (κ3) is 2.97. The van der Waals surface area contributed by atoms with Crippen LogP contribution in [-0.4, -0.2) is 29.8 Å². The van der Waals surface area contributed by atoms with Gasteiger partial charge in [-0.25, -0.2) is 0 Å². The Balaban J connectivity index is 1.75. The van der Waals surface area contributed by atoms with Crippen LogP contribution in [0.5, 0.6) is 0 Å². The van der Waals surface area contributed by atoms with Gasteiger partial charge in [-0.3, -0.25) is 9.59 Å². The summed E-state index contributed by atoms with van der Waals surface area (Å²) in [5.41, 5.74) is 1.67. The van der Waals surface area contributed by atoms with E-state index in [9.17, 15) is 9.59 Å². The van der Waals surface area contributed by atoms with Crippen LogP contribution in [0, 0.1) is 0 Å². The molecule has 4 nitrogen and oxygen atoms in total. The molecular formula is C17H15ClN2O2. The Hall–Kier alpha value is -2.33. The zero-order chi connectivity index (χ0) is 15.5. The van der Waals surface area contributed by atoms with E-state index >= 15 is 0 Å². The molecule has 1 heterocycles. The molecule has 0 spiro atoms. The average Bonchev–Trinajstić information content (AvgIpc) is 2.53. The van der Waals surface area contributed by atoms with Crippen molar-refractivity contribution in [2.24, 2.45) is 0 Å². The Morgan fingerprint density at radius 2 is 1.68 bits per heavy atom. The smallest absolute Gasteiger partial charge is 0.316 e. The van der Waals surface area contributed by atoms with Gasteiger partial charge in [0.05, 0.1) is 0 Å². The highest BCUT2D eigenvalue weighted by Crippen LogP contribution is 2.22. The summed E-state index contributed by atoms with van der Waals surface area (Å²) >= 11 is 5.95. The first-order valence-electron chi connectivity index (χ1n) is 7.05. The van der Waals surface area contributed by atoms with E-state index in [-0.39, 0.29) is 0 Å². The molecule has 112 valence electrons. The van der Waals surface area contributed by atoms with E-state index in [4.69, 9.17) is 11.6 Å². The summed E-state index contributed by atoms with van der Waals surface area (Å²) in [6.45, 7) is 1.43. The zero-order valence-electron chi connectivity index (χ0n) is 11.9. The van der Waals surface area contributed by atoms with Gasteiger partial charge in [-0.2, -0.15) is 0 Å². The lowest BCUT2D eigenvalue weighted by Gasteiger charge is -2.33. The summed E-state index contributed by atoms with van der Waals surface area (Å²) in [7, 11) is 0. The predicted octanol–water partition coefficient (Wildman–Crippen LogP) is 2.72. The quantitative estimate of drug-likeness (QED) is 0.817. The Kier molecular flexibility index (Phi) is 4.11. The third-order valence-corrected chi connectivity index (χ3v) is 3.88. The van der Waals surface area contributed by atoms with Gasteiger partial charge in [0, 0.05) is 30.3 Å². The van der Waals surface area contributed by atoms with Crippen LogP contribution >= 0.6 is 11.6 Å². The van der Waals surface area contributed by atoms with Crippen LogP contribution in [0.4, 0.5) is 5.69 Å². The van der Waals surface area contributed by atoms with Gasteiger partial charge in [0.25, 0.3) is 0 Å². The second-order valence-corrected chi connectivity index (χ2v) is 5.59. The van der Waals surface area contributed by atoms with Gasteiger partial charge < -0.3 is 9.80 Å². The van der Waals surface area contributed by atoms with E-state index in [0.29, 0.717) is 30.3 Å². The molecule has 2 aromatic carbocycles. The standard InChI is InChI=1S/C17H15ClN2O2/c18-14-7-4-8-15(11-14)20-10-9-19(16(21)17(20)22)12-13-5-2-1-3-6-13/h1-8,11H,9-10,12H2. The second-order valence-electron chi connectivity index (χ2n) is 5.15. The van der Waals surface area contributed by atoms with Crippen molar-refractivity contribution >= 4 is 29.1 Å². The molecule has 0 aromatic heterocycles. The first-order valence-corrected chi connectivity index (χ1v) is 7.43. The summed E-state index contributed by atoms with van der Waals surface area (Å²) in [5.74, 6) is -0.987. The van der Waals surface area contributed by atoms with Crippen LogP contribution in [0.2, 0.25) is 5.02 Å². The number of rotatable bonds is 3. The van der Waals surface area contributed by atoms with Crippen LogP contribution in [0.15, 0.2) is 54.6 Å². The maximum Gasteiger partial charge on any atom is 0.316 e. The Bertz CT molecular complexity index is 703. The minimum atomic E-state index is -0.510. The van der Waals surface area contributed by atoms with E-state index in [0.717, 1.165) is 5.56 Å². The topological polar surface area (TPSA) is 40.6 Å². The van der Waals surface area contributed by atoms with E-state index in [2.05, 4.69) is 0 Å². The number of piperazine rings is 1. The molecule has 0 bridgehead atoms. The lowest BCUT2D eigenvalue weighted by atomic mass is 10.2. The number of nitrogens with zero attached hydrogens (tertiary/aromatic N) is 2. The van der Waals surface area contributed by atoms with Crippen LogP contribution in [0.3, 0.4) is 0 Å². The molecule has 0 atom stereocenters. The molecular weight excluding hydrogens is 300 g/mol. The van der Waals surface area contributed by atoms with Gasteiger partial charge in [0.1, 0.15) is 0 Å². The van der Waals surface area contributed by atoms with Crippen molar-refractivity contribution in [3.8, 4) is 0 Å². The van der Waals surface area contributed by atoms with Crippen molar-refractivity contribution in [1.29, 1.82) is 0 Å². The molecule has 22 heavy (non-hydrogen) atoms. The minimum Gasteiger partial charge on any atom is -0.328 e. The lowest BCUT2D eigenvalue weighted by Crippen LogP contribution is -2.54. The molecule has 2 aromatic rings. The summed E-state index contributed by atoms with van der Waals surface area (Å²) in [6.07, 6.45) is 0. The van der Waals surface area contributed by atoms with Crippen molar-refractivity contribution in [2.45, 2.75) is 6.54 Å². The molecule has 5 heteroatoms. The van der Waals surface area contributed by atoms with Crippen molar-refractivity contribution < 1.29 is 9.59 Å².